The summed E-state index contributed by atoms with van der Waals surface area (Å²) in [6, 6.07) is 5.53. The highest BCUT2D eigenvalue weighted by atomic mass is 19.1. The third kappa shape index (κ3) is 9.63. The van der Waals surface area contributed by atoms with E-state index >= 15 is 0 Å². The molecule has 2 heterocycles. The molecule has 3 rings (SSSR count). The van der Waals surface area contributed by atoms with E-state index in [4.69, 9.17) is 4.74 Å². The first-order chi connectivity index (χ1) is 19.2. The number of unbranched alkanes of at least 4 members (excludes halogenated alkanes) is 1. The Morgan fingerprint density at radius 3 is 2.75 bits per heavy atom. The van der Waals surface area contributed by atoms with Gasteiger partial charge in [-0.15, -0.1) is 0 Å². The molecule has 1 aliphatic heterocycles. The number of nitrogens with one attached hydrogen (secondary N) is 2. The number of halogens is 1. The summed E-state index contributed by atoms with van der Waals surface area (Å²) in [7, 11) is 5.45. The number of morpholine rings is 1. The number of benzene rings is 1. The molecule has 0 saturated carbocycles. The summed E-state index contributed by atoms with van der Waals surface area (Å²) in [6.45, 7) is 5.34. The number of hydrogen-bond donors (Lipinski definition) is 2. The van der Waals surface area contributed by atoms with Crippen LogP contribution in [0.3, 0.4) is 0 Å². The quantitative estimate of drug-likeness (QED) is 0.249. The van der Waals surface area contributed by atoms with Crippen LogP contribution < -0.4 is 15.5 Å². The third-order valence-electron chi connectivity index (χ3n) is 6.20. The zero-order chi connectivity index (χ0) is 28.9. The van der Waals surface area contributed by atoms with Crippen LogP contribution in [0.25, 0.3) is 0 Å². The molecule has 214 valence electrons. The molecular weight excluding hydrogens is 513 g/mol. The van der Waals surface area contributed by atoms with Crippen molar-refractivity contribution in [2.24, 2.45) is 0 Å². The third-order valence-corrected chi connectivity index (χ3v) is 6.20. The van der Waals surface area contributed by atoms with Crippen molar-refractivity contribution < 1.29 is 18.7 Å². The number of rotatable bonds is 11. The van der Waals surface area contributed by atoms with Crippen LogP contribution in [0.15, 0.2) is 42.6 Å². The van der Waals surface area contributed by atoms with Gasteiger partial charge < -0.3 is 30.1 Å². The fraction of sp³-hybridized carbons (Fsp3) is 0.448. The predicted octanol–water partition coefficient (Wildman–Crippen LogP) is 2.41. The van der Waals surface area contributed by atoms with Gasteiger partial charge >= 0.3 is 0 Å². The molecule has 40 heavy (non-hydrogen) atoms. The Morgan fingerprint density at radius 1 is 1.25 bits per heavy atom. The number of carbonyl (C=O) groups is 2. The number of ether oxygens (including phenoxy) is 1. The molecule has 10 nitrogen and oxygen atoms in total. The Morgan fingerprint density at radius 2 is 2.02 bits per heavy atom. The highest BCUT2D eigenvalue weighted by Crippen LogP contribution is 2.22. The van der Waals surface area contributed by atoms with Gasteiger partial charge in [-0.25, -0.2) is 9.37 Å². The van der Waals surface area contributed by atoms with Crippen molar-refractivity contribution in [3.8, 4) is 11.8 Å². The SMILES string of the molecule is C[C@@H](C(=O)NCCCC#Cc1cnc(Nc2cccc(F)c2)nc1N1CCOCC1)N(C)C(=O)/C=C/CN(C)C. The largest absolute Gasteiger partial charge is 0.378 e. The van der Waals surface area contributed by atoms with Crippen LogP contribution in [0.2, 0.25) is 0 Å². The Hall–Kier alpha value is -4.01. The summed E-state index contributed by atoms with van der Waals surface area (Å²) in [5.74, 6) is 6.58. The molecule has 0 bridgehead atoms. The lowest BCUT2D eigenvalue weighted by Crippen LogP contribution is -2.45. The summed E-state index contributed by atoms with van der Waals surface area (Å²) in [5, 5.41) is 5.92. The maximum Gasteiger partial charge on any atom is 0.246 e. The Balaban J connectivity index is 1.54. The van der Waals surface area contributed by atoms with Crippen LogP contribution in [0.4, 0.5) is 21.8 Å². The molecule has 11 heteroatoms. The summed E-state index contributed by atoms with van der Waals surface area (Å²) in [5.41, 5.74) is 1.24. The van der Waals surface area contributed by atoms with Gasteiger partial charge in [-0.2, -0.15) is 4.98 Å². The minimum absolute atomic E-state index is 0.214. The monoisotopic (exact) mass is 551 g/mol. The van der Waals surface area contributed by atoms with E-state index in [1.807, 2.05) is 19.0 Å². The van der Waals surface area contributed by atoms with Gasteiger partial charge in [0.2, 0.25) is 17.8 Å². The topological polar surface area (TPSA) is 103 Å². The molecule has 1 fully saturated rings. The Labute approximate surface area is 235 Å². The molecule has 0 unspecified atom stereocenters. The molecule has 2 aromatic rings. The Kier molecular flexibility index (Phi) is 11.9. The predicted molar refractivity (Wildman–Crippen MR) is 154 cm³/mol. The molecule has 2 N–H and O–H groups in total. The van der Waals surface area contributed by atoms with Crippen LogP contribution >= 0.6 is 0 Å². The zero-order valence-corrected chi connectivity index (χ0v) is 23.6. The van der Waals surface area contributed by atoms with E-state index in [1.165, 1.54) is 23.1 Å². The van der Waals surface area contributed by atoms with Crippen LogP contribution in [-0.4, -0.2) is 98.2 Å². The van der Waals surface area contributed by atoms with Crippen molar-refractivity contribution in [2.45, 2.75) is 25.8 Å². The average molecular weight is 552 g/mol. The van der Waals surface area contributed by atoms with E-state index in [0.717, 1.165) is 0 Å². The number of nitrogens with zero attached hydrogens (tertiary/aromatic N) is 5. The average Bonchev–Trinajstić information content (AvgIpc) is 2.94. The number of aromatic nitrogens is 2. The summed E-state index contributed by atoms with van der Waals surface area (Å²) in [6.07, 6.45) is 6.13. The van der Waals surface area contributed by atoms with Gasteiger partial charge in [0.1, 0.15) is 17.7 Å². The van der Waals surface area contributed by atoms with Crippen LogP contribution in [-0.2, 0) is 14.3 Å². The van der Waals surface area contributed by atoms with Crippen LogP contribution in [0, 0.1) is 17.7 Å². The summed E-state index contributed by atoms with van der Waals surface area (Å²) in [4.78, 5) is 39.3. The molecular formula is C29H38FN7O3. The minimum Gasteiger partial charge on any atom is -0.378 e. The van der Waals surface area contributed by atoms with Crippen molar-refractivity contribution >= 4 is 29.3 Å². The number of amides is 2. The number of carbonyl (C=O) groups excluding carboxylic acids is 2. The second-order valence-electron chi connectivity index (χ2n) is 9.65. The maximum atomic E-state index is 13.6. The van der Waals surface area contributed by atoms with Crippen molar-refractivity contribution in [2.75, 3.05) is 70.8 Å². The first-order valence-corrected chi connectivity index (χ1v) is 13.3. The first kappa shape index (κ1) is 30.5. The Bertz CT molecular complexity index is 1240. The zero-order valence-electron chi connectivity index (χ0n) is 23.6. The van der Waals surface area contributed by atoms with Gasteiger partial charge in [-0.1, -0.05) is 24.0 Å². The van der Waals surface area contributed by atoms with E-state index in [2.05, 4.69) is 37.3 Å². The lowest BCUT2D eigenvalue weighted by atomic mass is 10.2. The minimum atomic E-state index is -0.588. The normalized spacial score (nSPS) is 14.0. The van der Waals surface area contributed by atoms with Crippen molar-refractivity contribution in [1.82, 2.24) is 25.1 Å². The van der Waals surface area contributed by atoms with Crippen molar-refractivity contribution in [3.63, 3.8) is 0 Å². The maximum absolute atomic E-state index is 13.6. The van der Waals surface area contributed by atoms with E-state index in [-0.39, 0.29) is 17.6 Å². The number of anilines is 3. The molecule has 0 aliphatic carbocycles. The second kappa shape index (κ2) is 15.5. The second-order valence-corrected chi connectivity index (χ2v) is 9.65. The number of likely N-dealkylation sites (N-methyl/N-ethyl adjacent to an activating group) is 2. The molecule has 1 aromatic carbocycles. The standard InChI is InChI=1S/C29H38FN7O3/c1-22(36(4)26(38)13-9-15-35(2)3)28(39)31-14-7-5-6-10-23-21-32-29(33-25-12-8-11-24(30)20-25)34-27(23)37-16-18-40-19-17-37/h8-9,11-13,20-22H,5,7,14-19H2,1-4H3,(H,31,39)(H,32,33,34)/b13-9+/t22-/m0/s1. The molecule has 0 spiro atoms. The highest BCUT2D eigenvalue weighted by molar-refractivity contribution is 5.92. The van der Waals surface area contributed by atoms with Gasteiger partial charge in [-0.05, 0) is 45.6 Å². The lowest BCUT2D eigenvalue weighted by molar-refractivity contribution is -0.135. The fourth-order valence-electron chi connectivity index (χ4n) is 3.78. The highest BCUT2D eigenvalue weighted by Gasteiger charge is 2.20. The van der Waals surface area contributed by atoms with E-state index < -0.39 is 6.04 Å². The van der Waals surface area contributed by atoms with E-state index in [9.17, 15) is 14.0 Å². The molecule has 0 radical (unpaired) electrons. The van der Waals surface area contributed by atoms with Crippen molar-refractivity contribution in [3.05, 3.63) is 54.0 Å². The molecule has 1 aliphatic rings. The summed E-state index contributed by atoms with van der Waals surface area (Å²) < 4.78 is 19.1. The van der Waals surface area contributed by atoms with E-state index in [0.29, 0.717) is 75.3 Å². The first-order valence-electron chi connectivity index (χ1n) is 13.3. The molecule has 1 saturated heterocycles. The molecule has 1 atom stereocenters. The van der Waals surface area contributed by atoms with Crippen LogP contribution in [0.1, 0.15) is 25.3 Å². The van der Waals surface area contributed by atoms with Gasteiger partial charge in [0.05, 0.1) is 25.0 Å². The van der Waals surface area contributed by atoms with E-state index in [1.54, 1.807) is 38.4 Å². The van der Waals surface area contributed by atoms with Crippen LogP contribution in [0.5, 0.6) is 0 Å². The summed E-state index contributed by atoms with van der Waals surface area (Å²) >= 11 is 0. The molecule has 2 amide bonds. The smallest absolute Gasteiger partial charge is 0.246 e. The number of hydrogen-bond acceptors (Lipinski definition) is 8. The van der Waals surface area contributed by atoms with Crippen molar-refractivity contribution in [1.29, 1.82) is 0 Å². The van der Waals surface area contributed by atoms with Gasteiger partial charge in [0.15, 0.2) is 0 Å². The van der Waals surface area contributed by atoms with Gasteiger partial charge in [0, 0.05) is 51.4 Å². The lowest BCUT2D eigenvalue weighted by Gasteiger charge is -2.28. The fourth-order valence-corrected chi connectivity index (χ4v) is 3.78. The molecule has 1 aromatic heterocycles. The van der Waals surface area contributed by atoms with Gasteiger partial charge in [0.25, 0.3) is 0 Å². The van der Waals surface area contributed by atoms with Gasteiger partial charge in [-0.3, -0.25) is 9.59 Å².